The van der Waals surface area contributed by atoms with E-state index in [1.165, 1.54) is 6.07 Å². The molecule has 1 aliphatic carbocycles. The van der Waals surface area contributed by atoms with Gasteiger partial charge in [-0.3, -0.25) is 4.79 Å². The van der Waals surface area contributed by atoms with Gasteiger partial charge in [0.2, 0.25) is 0 Å². The summed E-state index contributed by atoms with van der Waals surface area (Å²) in [5.74, 6) is -1.96. The van der Waals surface area contributed by atoms with Crippen LogP contribution in [0.1, 0.15) is 18.4 Å². The molecular formula is C18H16IN3O4S2. The van der Waals surface area contributed by atoms with Crippen molar-refractivity contribution in [3.63, 3.8) is 0 Å². The first-order valence-electron chi connectivity index (χ1n) is 8.38. The third-order valence-corrected chi connectivity index (χ3v) is 8.63. The zero-order valence-corrected chi connectivity index (χ0v) is 18.4. The van der Waals surface area contributed by atoms with Crippen molar-refractivity contribution in [2.75, 3.05) is 0 Å². The molecule has 1 saturated carbocycles. The van der Waals surface area contributed by atoms with Crippen LogP contribution in [0.4, 0.5) is 0 Å². The first-order valence-corrected chi connectivity index (χ1v) is 11.8. The molecular weight excluding hydrogens is 513 g/mol. The van der Waals surface area contributed by atoms with Crippen molar-refractivity contribution in [3.05, 3.63) is 64.0 Å². The molecule has 1 unspecified atom stereocenters. The Morgan fingerprint density at radius 1 is 1.29 bits per heavy atom. The molecule has 0 aliphatic heterocycles. The molecule has 7 nitrogen and oxygen atoms in total. The summed E-state index contributed by atoms with van der Waals surface area (Å²) < 4.78 is 31.0. The van der Waals surface area contributed by atoms with Crippen molar-refractivity contribution >= 4 is 49.9 Å². The summed E-state index contributed by atoms with van der Waals surface area (Å²) in [7, 11) is -4.01. The highest BCUT2D eigenvalue weighted by Crippen LogP contribution is 2.58. The predicted octanol–water partition coefficient (Wildman–Crippen LogP) is 3.07. The zero-order chi connectivity index (χ0) is 20.1. The molecule has 0 spiro atoms. The SMILES string of the molecule is C[C@H]1C(c2ccccc2)[C@]1(NS(=O)(=O)c1ccc(-n2cc(I)cn2)s1)C(=O)O. The van der Waals surface area contributed by atoms with Gasteiger partial charge >= 0.3 is 5.97 Å². The summed E-state index contributed by atoms with van der Waals surface area (Å²) in [5.41, 5.74) is -0.746. The van der Waals surface area contributed by atoms with E-state index in [0.29, 0.717) is 5.00 Å². The van der Waals surface area contributed by atoms with Gasteiger partial charge in [-0.25, -0.2) is 13.1 Å². The van der Waals surface area contributed by atoms with Crippen LogP contribution in [0.3, 0.4) is 0 Å². The van der Waals surface area contributed by atoms with E-state index in [0.717, 1.165) is 20.5 Å². The van der Waals surface area contributed by atoms with Crippen molar-refractivity contribution in [2.24, 2.45) is 5.92 Å². The Labute approximate surface area is 179 Å². The number of carboxylic acid groups (broad SMARTS) is 1. The Morgan fingerprint density at radius 3 is 2.61 bits per heavy atom. The van der Waals surface area contributed by atoms with Crippen LogP contribution in [0, 0.1) is 9.49 Å². The Bertz CT molecular complexity index is 1140. The largest absolute Gasteiger partial charge is 0.480 e. The number of hydrogen-bond donors (Lipinski definition) is 2. The van der Waals surface area contributed by atoms with Crippen molar-refractivity contribution < 1.29 is 18.3 Å². The third-order valence-electron chi connectivity index (χ3n) is 5.02. The lowest BCUT2D eigenvalue weighted by Gasteiger charge is -2.15. The molecule has 4 rings (SSSR count). The summed E-state index contributed by atoms with van der Waals surface area (Å²) in [6.07, 6.45) is 3.45. The summed E-state index contributed by atoms with van der Waals surface area (Å²) >= 11 is 3.16. The Kier molecular flexibility index (Phi) is 4.84. The number of hydrogen-bond acceptors (Lipinski definition) is 5. The number of rotatable bonds is 6. The monoisotopic (exact) mass is 529 g/mol. The van der Waals surface area contributed by atoms with E-state index in [2.05, 4.69) is 32.4 Å². The van der Waals surface area contributed by atoms with Gasteiger partial charge in [-0.1, -0.05) is 37.3 Å². The van der Waals surface area contributed by atoms with E-state index in [1.54, 1.807) is 30.1 Å². The first-order chi connectivity index (χ1) is 13.3. The van der Waals surface area contributed by atoms with Crippen molar-refractivity contribution in [1.82, 2.24) is 14.5 Å². The van der Waals surface area contributed by atoms with E-state index >= 15 is 0 Å². The van der Waals surface area contributed by atoms with Gasteiger partial charge in [0, 0.05) is 12.1 Å². The normalized spacial score (nSPS) is 24.2. The van der Waals surface area contributed by atoms with Gasteiger partial charge in [0.25, 0.3) is 10.0 Å². The first kappa shape index (κ1) is 19.6. The number of halogens is 1. The van der Waals surface area contributed by atoms with Crippen molar-refractivity contribution in [3.8, 4) is 5.00 Å². The average molecular weight is 529 g/mol. The van der Waals surface area contributed by atoms with Crippen LogP contribution in [0.15, 0.2) is 59.1 Å². The number of nitrogens with zero attached hydrogens (tertiary/aromatic N) is 2. The fourth-order valence-electron chi connectivity index (χ4n) is 3.57. The van der Waals surface area contributed by atoms with E-state index in [1.807, 2.05) is 30.3 Å². The van der Waals surface area contributed by atoms with Gasteiger partial charge in [-0.15, -0.1) is 11.3 Å². The number of nitrogens with one attached hydrogen (secondary N) is 1. The van der Waals surface area contributed by atoms with Crippen LogP contribution in [0.25, 0.3) is 5.00 Å². The number of sulfonamides is 1. The lowest BCUT2D eigenvalue weighted by molar-refractivity contribution is -0.140. The van der Waals surface area contributed by atoms with Gasteiger partial charge in [0.1, 0.15) is 14.7 Å². The lowest BCUT2D eigenvalue weighted by Crippen LogP contribution is -2.45. The maximum atomic E-state index is 13.0. The van der Waals surface area contributed by atoms with Gasteiger partial charge in [0.15, 0.2) is 0 Å². The molecule has 3 atom stereocenters. The molecule has 1 aliphatic rings. The molecule has 0 radical (unpaired) electrons. The molecule has 10 heteroatoms. The van der Waals surface area contributed by atoms with Gasteiger partial charge < -0.3 is 5.11 Å². The van der Waals surface area contributed by atoms with Crippen LogP contribution in [0.5, 0.6) is 0 Å². The molecule has 3 aromatic rings. The van der Waals surface area contributed by atoms with Crippen LogP contribution < -0.4 is 4.72 Å². The molecule has 1 fully saturated rings. The third kappa shape index (κ3) is 3.17. The number of benzene rings is 1. The van der Waals surface area contributed by atoms with E-state index in [9.17, 15) is 18.3 Å². The number of aromatic nitrogens is 2. The number of thiophene rings is 1. The van der Waals surface area contributed by atoms with E-state index < -0.39 is 27.4 Å². The summed E-state index contributed by atoms with van der Waals surface area (Å²) in [6, 6.07) is 12.2. The minimum absolute atomic E-state index is 0.0551. The minimum atomic E-state index is -4.01. The van der Waals surface area contributed by atoms with Crippen LogP contribution in [-0.4, -0.2) is 34.8 Å². The Morgan fingerprint density at radius 2 is 2.00 bits per heavy atom. The van der Waals surface area contributed by atoms with Gasteiger partial charge in [-0.05, 0) is 46.2 Å². The minimum Gasteiger partial charge on any atom is -0.480 e. The smallest absolute Gasteiger partial charge is 0.325 e. The quantitative estimate of drug-likeness (QED) is 0.478. The highest BCUT2D eigenvalue weighted by atomic mass is 127. The highest BCUT2D eigenvalue weighted by Gasteiger charge is 2.70. The van der Waals surface area contributed by atoms with E-state index in [-0.39, 0.29) is 10.1 Å². The zero-order valence-electron chi connectivity index (χ0n) is 14.6. The number of carboxylic acids is 1. The van der Waals surface area contributed by atoms with E-state index in [4.69, 9.17) is 0 Å². The van der Waals surface area contributed by atoms with Crippen LogP contribution in [-0.2, 0) is 14.8 Å². The molecule has 1 aromatic carbocycles. The second-order valence-corrected chi connectivity index (χ2v) is 10.9. The molecule has 2 aromatic heterocycles. The topological polar surface area (TPSA) is 101 Å². The number of carbonyl (C=O) groups is 1. The molecule has 0 saturated heterocycles. The Balaban J connectivity index is 1.65. The Hall–Kier alpha value is -1.76. The fraction of sp³-hybridized carbons (Fsp3) is 0.222. The maximum absolute atomic E-state index is 13.0. The maximum Gasteiger partial charge on any atom is 0.325 e. The summed E-state index contributed by atoms with van der Waals surface area (Å²) in [4.78, 5) is 12.1. The molecule has 146 valence electrons. The summed E-state index contributed by atoms with van der Waals surface area (Å²) in [5, 5.41) is 14.7. The molecule has 0 bridgehead atoms. The lowest BCUT2D eigenvalue weighted by atomic mass is 10.1. The van der Waals surface area contributed by atoms with Crippen LogP contribution >= 0.6 is 33.9 Å². The standard InChI is InChI=1S/C18H16IN3O4S2/c1-11-16(12-5-3-2-4-6-12)18(11,17(23)24)21-28(25,26)15-8-7-14(27-15)22-10-13(19)9-20-22/h2-11,16,21H,1H3,(H,23,24)/t11-,16?,18-/m0/s1. The number of aliphatic carboxylic acids is 1. The second-order valence-electron chi connectivity index (χ2n) is 6.65. The van der Waals surface area contributed by atoms with Gasteiger partial charge in [0.05, 0.1) is 9.77 Å². The van der Waals surface area contributed by atoms with Crippen molar-refractivity contribution in [1.29, 1.82) is 0 Å². The highest BCUT2D eigenvalue weighted by molar-refractivity contribution is 14.1. The predicted molar refractivity (Wildman–Crippen MR) is 113 cm³/mol. The second kappa shape index (κ2) is 6.94. The van der Waals surface area contributed by atoms with Gasteiger partial charge in [-0.2, -0.15) is 9.82 Å². The van der Waals surface area contributed by atoms with Crippen LogP contribution in [0.2, 0.25) is 0 Å². The summed E-state index contributed by atoms with van der Waals surface area (Å²) in [6.45, 7) is 1.75. The molecule has 28 heavy (non-hydrogen) atoms. The molecule has 2 N–H and O–H groups in total. The molecule has 0 amide bonds. The average Bonchev–Trinajstić information content (AvgIpc) is 3.06. The van der Waals surface area contributed by atoms with Crippen molar-refractivity contribution in [2.45, 2.75) is 22.6 Å². The molecule has 2 heterocycles. The fourth-order valence-corrected chi connectivity index (χ4v) is 6.65.